The van der Waals surface area contributed by atoms with Crippen molar-refractivity contribution < 1.29 is 9.53 Å². The Kier molecular flexibility index (Phi) is 7.13. The zero-order valence-corrected chi connectivity index (χ0v) is 16.6. The Morgan fingerprint density at radius 3 is 2.59 bits per heavy atom. The van der Waals surface area contributed by atoms with E-state index in [1.54, 1.807) is 6.92 Å². The molecule has 2 aromatic rings. The molecule has 1 aliphatic heterocycles. The van der Waals surface area contributed by atoms with Crippen molar-refractivity contribution in [1.29, 1.82) is 0 Å². The van der Waals surface area contributed by atoms with Crippen LogP contribution in [0.1, 0.15) is 30.9 Å². The quantitative estimate of drug-likeness (QED) is 0.768. The predicted octanol–water partition coefficient (Wildman–Crippen LogP) is 4.36. The Hall–Kier alpha value is -2.04. The maximum Gasteiger partial charge on any atom is 0.219 e. The maximum atomic E-state index is 12.0. The van der Waals surface area contributed by atoms with Crippen LogP contribution in [0.2, 0.25) is 5.02 Å². The van der Waals surface area contributed by atoms with Gasteiger partial charge in [0.25, 0.3) is 0 Å². The van der Waals surface area contributed by atoms with E-state index in [9.17, 15) is 4.79 Å². The number of carbonyl (C=O) groups excluding carboxylic acids is 1. The molecule has 5 heteroatoms. The molecular formula is C22H27ClN2O2. The highest BCUT2D eigenvalue weighted by molar-refractivity contribution is 6.31. The van der Waals surface area contributed by atoms with Crippen molar-refractivity contribution >= 4 is 17.5 Å². The first-order valence-electron chi connectivity index (χ1n) is 9.55. The lowest BCUT2D eigenvalue weighted by Crippen LogP contribution is -2.33. The third-order valence-electron chi connectivity index (χ3n) is 4.95. The summed E-state index contributed by atoms with van der Waals surface area (Å²) in [4.78, 5) is 16.3. The minimum Gasteiger partial charge on any atom is -0.492 e. The third-order valence-corrected chi connectivity index (χ3v) is 5.32. The molecule has 0 spiro atoms. The van der Waals surface area contributed by atoms with Gasteiger partial charge in [0.15, 0.2) is 0 Å². The van der Waals surface area contributed by atoms with Gasteiger partial charge in [-0.25, -0.2) is 0 Å². The Morgan fingerprint density at radius 1 is 1.04 bits per heavy atom. The van der Waals surface area contributed by atoms with E-state index in [2.05, 4.69) is 11.0 Å². The van der Waals surface area contributed by atoms with E-state index in [1.165, 1.54) is 0 Å². The maximum absolute atomic E-state index is 12.0. The SMILES string of the molecule is CC(=O)N1CCCCN(Cc2ccccc2Cl)CCOc2ccccc2C1. The summed E-state index contributed by atoms with van der Waals surface area (Å²) in [6, 6.07) is 16.0. The van der Waals surface area contributed by atoms with Gasteiger partial charge in [-0.3, -0.25) is 9.69 Å². The van der Waals surface area contributed by atoms with Crippen LogP contribution >= 0.6 is 11.6 Å². The lowest BCUT2D eigenvalue weighted by molar-refractivity contribution is -0.129. The fourth-order valence-corrected chi connectivity index (χ4v) is 3.58. The molecule has 144 valence electrons. The van der Waals surface area contributed by atoms with E-state index in [-0.39, 0.29) is 5.91 Å². The molecule has 27 heavy (non-hydrogen) atoms. The zero-order chi connectivity index (χ0) is 19.1. The molecule has 0 aromatic heterocycles. The summed E-state index contributed by atoms with van der Waals surface area (Å²) in [6.45, 7) is 6.23. The van der Waals surface area contributed by atoms with Crippen molar-refractivity contribution in [3.05, 3.63) is 64.7 Å². The van der Waals surface area contributed by atoms with Gasteiger partial charge in [-0.2, -0.15) is 0 Å². The van der Waals surface area contributed by atoms with E-state index in [0.29, 0.717) is 13.2 Å². The van der Waals surface area contributed by atoms with Crippen molar-refractivity contribution in [1.82, 2.24) is 9.80 Å². The van der Waals surface area contributed by atoms with E-state index < -0.39 is 0 Å². The number of benzene rings is 2. The van der Waals surface area contributed by atoms with Crippen LogP contribution in [-0.2, 0) is 17.9 Å². The predicted molar refractivity (Wildman–Crippen MR) is 109 cm³/mol. The van der Waals surface area contributed by atoms with Crippen LogP contribution in [-0.4, -0.2) is 41.9 Å². The number of halogens is 1. The Balaban J connectivity index is 1.73. The average Bonchev–Trinajstić information content (AvgIpc) is 2.65. The van der Waals surface area contributed by atoms with Crippen LogP contribution in [0.25, 0.3) is 0 Å². The minimum atomic E-state index is 0.106. The van der Waals surface area contributed by atoms with Gasteiger partial charge in [-0.15, -0.1) is 0 Å². The summed E-state index contributed by atoms with van der Waals surface area (Å²) in [5, 5.41) is 0.803. The molecule has 4 nitrogen and oxygen atoms in total. The van der Waals surface area contributed by atoms with Crippen molar-refractivity contribution in [3.63, 3.8) is 0 Å². The van der Waals surface area contributed by atoms with Crippen LogP contribution < -0.4 is 4.74 Å². The number of nitrogens with zero attached hydrogens (tertiary/aromatic N) is 2. The van der Waals surface area contributed by atoms with E-state index in [4.69, 9.17) is 16.3 Å². The molecule has 3 rings (SSSR count). The highest BCUT2D eigenvalue weighted by atomic mass is 35.5. The molecule has 0 fully saturated rings. The normalized spacial score (nSPS) is 16.6. The Labute approximate surface area is 166 Å². The lowest BCUT2D eigenvalue weighted by Gasteiger charge is -2.27. The summed E-state index contributed by atoms with van der Waals surface area (Å²) >= 11 is 6.34. The molecule has 0 N–H and O–H groups in total. The molecule has 0 saturated carbocycles. The summed E-state index contributed by atoms with van der Waals surface area (Å²) < 4.78 is 6.07. The van der Waals surface area contributed by atoms with E-state index in [0.717, 1.165) is 60.9 Å². The monoisotopic (exact) mass is 386 g/mol. The van der Waals surface area contributed by atoms with Gasteiger partial charge in [0.2, 0.25) is 5.91 Å². The van der Waals surface area contributed by atoms with Gasteiger partial charge < -0.3 is 9.64 Å². The smallest absolute Gasteiger partial charge is 0.219 e. The second kappa shape index (κ2) is 9.77. The summed E-state index contributed by atoms with van der Waals surface area (Å²) in [7, 11) is 0. The number of rotatable bonds is 2. The van der Waals surface area contributed by atoms with E-state index in [1.807, 2.05) is 47.4 Å². The molecule has 1 heterocycles. The topological polar surface area (TPSA) is 32.8 Å². The molecule has 0 atom stereocenters. The van der Waals surface area contributed by atoms with Crippen molar-refractivity contribution in [2.45, 2.75) is 32.9 Å². The third kappa shape index (κ3) is 5.72. The largest absolute Gasteiger partial charge is 0.492 e. The summed E-state index contributed by atoms with van der Waals surface area (Å²) in [6.07, 6.45) is 2.03. The number of ether oxygens (including phenoxy) is 1. The molecule has 1 amide bonds. The number of fused-ring (bicyclic) bond motifs is 1. The second-order valence-corrected chi connectivity index (χ2v) is 7.38. The van der Waals surface area contributed by atoms with Crippen LogP contribution in [0, 0.1) is 0 Å². The number of amides is 1. The van der Waals surface area contributed by atoms with Crippen molar-refractivity contribution in [3.8, 4) is 5.75 Å². The van der Waals surface area contributed by atoms with Crippen LogP contribution in [0.5, 0.6) is 5.75 Å². The first-order chi connectivity index (χ1) is 13.1. The molecule has 0 unspecified atom stereocenters. The van der Waals surface area contributed by atoms with Crippen molar-refractivity contribution in [2.75, 3.05) is 26.2 Å². The van der Waals surface area contributed by atoms with Gasteiger partial charge >= 0.3 is 0 Å². The minimum absolute atomic E-state index is 0.106. The lowest BCUT2D eigenvalue weighted by atomic mass is 10.1. The van der Waals surface area contributed by atoms with Gasteiger partial charge in [0.1, 0.15) is 12.4 Å². The fraction of sp³-hybridized carbons (Fsp3) is 0.409. The van der Waals surface area contributed by atoms with Crippen LogP contribution in [0.3, 0.4) is 0 Å². The van der Waals surface area contributed by atoms with Crippen LogP contribution in [0.4, 0.5) is 0 Å². The number of para-hydroxylation sites is 1. The highest BCUT2D eigenvalue weighted by Crippen LogP contribution is 2.22. The van der Waals surface area contributed by atoms with Crippen LogP contribution in [0.15, 0.2) is 48.5 Å². The molecule has 2 aromatic carbocycles. The fourth-order valence-electron chi connectivity index (χ4n) is 3.39. The van der Waals surface area contributed by atoms with Gasteiger partial charge in [0.05, 0.1) is 0 Å². The Morgan fingerprint density at radius 2 is 1.78 bits per heavy atom. The van der Waals surface area contributed by atoms with Gasteiger partial charge in [-0.05, 0) is 37.1 Å². The molecule has 0 saturated heterocycles. The van der Waals surface area contributed by atoms with E-state index >= 15 is 0 Å². The molecule has 0 bridgehead atoms. The molecule has 1 aliphatic rings. The number of carbonyl (C=O) groups is 1. The van der Waals surface area contributed by atoms with Gasteiger partial charge in [0, 0.05) is 43.7 Å². The number of hydrogen-bond acceptors (Lipinski definition) is 3. The Bertz CT molecular complexity index is 765. The molecule has 0 radical (unpaired) electrons. The zero-order valence-electron chi connectivity index (χ0n) is 15.9. The second-order valence-electron chi connectivity index (χ2n) is 6.97. The molecular weight excluding hydrogens is 360 g/mol. The van der Waals surface area contributed by atoms with Crippen molar-refractivity contribution in [2.24, 2.45) is 0 Å². The standard InChI is InChI=1S/C22H27ClN2O2/c1-18(26)25-13-7-6-12-24(16-19-8-2-4-10-21(19)23)14-15-27-22-11-5-3-9-20(22)17-25/h2-5,8-11H,6-7,12-17H2,1H3. The number of hydrogen-bond donors (Lipinski definition) is 0. The first-order valence-corrected chi connectivity index (χ1v) is 9.93. The van der Waals surface area contributed by atoms with Gasteiger partial charge in [-0.1, -0.05) is 48.0 Å². The summed E-state index contributed by atoms with van der Waals surface area (Å²) in [5.41, 5.74) is 2.20. The molecule has 0 aliphatic carbocycles. The average molecular weight is 387 g/mol. The first kappa shape index (κ1) is 19.7. The highest BCUT2D eigenvalue weighted by Gasteiger charge is 2.15. The summed E-state index contributed by atoms with van der Waals surface area (Å²) in [5.74, 6) is 0.969.